The maximum absolute atomic E-state index is 9.10. The van der Waals surface area contributed by atoms with Gasteiger partial charge in [0, 0.05) is 5.56 Å². The van der Waals surface area contributed by atoms with Crippen LogP contribution in [-0.4, -0.2) is 16.7 Å². The Morgan fingerprint density at radius 1 is 1.54 bits per heavy atom. The molecular weight excluding hydrogens is 166 g/mol. The third-order valence-electron chi connectivity index (χ3n) is 1.57. The van der Waals surface area contributed by atoms with Crippen LogP contribution in [0.4, 0.5) is 0 Å². The van der Waals surface area contributed by atoms with E-state index in [9.17, 15) is 0 Å². The van der Waals surface area contributed by atoms with Gasteiger partial charge in [0.15, 0.2) is 0 Å². The summed E-state index contributed by atoms with van der Waals surface area (Å²) in [6.07, 6.45) is 1.39. The summed E-state index contributed by atoms with van der Waals surface area (Å²) in [7, 11) is 0. The molecule has 0 fully saturated rings. The Balaban J connectivity index is 2.67. The quantitative estimate of drug-likeness (QED) is 0.776. The normalized spacial score (nSPS) is 10.5. The summed E-state index contributed by atoms with van der Waals surface area (Å²) >= 11 is 0. The third kappa shape index (κ3) is 2.93. The fraction of sp³-hybridized carbons (Fsp3) is 0.500. The van der Waals surface area contributed by atoms with E-state index in [-0.39, 0.29) is 5.75 Å². The minimum atomic E-state index is 0.175. The van der Waals surface area contributed by atoms with Crippen molar-refractivity contribution < 1.29 is 9.84 Å². The van der Waals surface area contributed by atoms with Crippen molar-refractivity contribution in [1.29, 1.82) is 0 Å². The van der Waals surface area contributed by atoms with Crippen LogP contribution in [0.3, 0.4) is 0 Å². The topological polar surface area (TPSA) is 42.4 Å². The SMILES string of the molecule is Cc1cc(O)cnc1OCC(C)C. The van der Waals surface area contributed by atoms with Gasteiger partial charge >= 0.3 is 0 Å². The maximum Gasteiger partial charge on any atom is 0.216 e. The summed E-state index contributed by atoms with van der Waals surface area (Å²) in [6.45, 7) is 6.67. The predicted octanol–water partition coefficient (Wildman–Crippen LogP) is 2.13. The molecule has 1 N–H and O–H groups in total. The molecule has 0 aliphatic carbocycles. The van der Waals surface area contributed by atoms with Gasteiger partial charge in [0.25, 0.3) is 0 Å². The van der Waals surface area contributed by atoms with Gasteiger partial charge in [-0.15, -0.1) is 0 Å². The van der Waals surface area contributed by atoms with E-state index in [1.54, 1.807) is 6.07 Å². The van der Waals surface area contributed by atoms with E-state index in [0.717, 1.165) is 5.56 Å². The van der Waals surface area contributed by atoms with E-state index in [4.69, 9.17) is 9.84 Å². The second-order valence-corrected chi connectivity index (χ2v) is 3.52. The Morgan fingerprint density at radius 3 is 2.77 bits per heavy atom. The standard InChI is InChI=1S/C10H15NO2/c1-7(2)6-13-10-8(3)4-9(12)5-11-10/h4-5,7,12H,6H2,1-3H3. The molecule has 1 aromatic heterocycles. The van der Waals surface area contributed by atoms with Crippen LogP contribution in [0, 0.1) is 12.8 Å². The van der Waals surface area contributed by atoms with Crippen LogP contribution in [0.1, 0.15) is 19.4 Å². The van der Waals surface area contributed by atoms with Crippen LogP contribution in [0.25, 0.3) is 0 Å². The molecule has 0 atom stereocenters. The number of nitrogens with zero attached hydrogens (tertiary/aromatic N) is 1. The molecule has 0 aliphatic heterocycles. The maximum atomic E-state index is 9.10. The Bertz CT molecular complexity index is 284. The van der Waals surface area contributed by atoms with E-state index in [1.807, 2.05) is 6.92 Å². The third-order valence-corrected chi connectivity index (χ3v) is 1.57. The highest BCUT2D eigenvalue weighted by atomic mass is 16.5. The Kier molecular flexibility index (Phi) is 3.12. The Hall–Kier alpha value is -1.25. The lowest BCUT2D eigenvalue weighted by molar-refractivity contribution is 0.259. The van der Waals surface area contributed by atoms with E-state index in [2.05, 4.69) is 18.8 Å². The molecule has 0 radical (unpaired) electrons. The van der Waals surface area contributed by atoms with Gasteiger partial charge in [0.2, 0.25) is 5.88 Å². The molecule has 1 aromatic rings. The van der Waals surface area contributed by atoms with Crippen LogP contribution in [0.5, 0.6) is 11.6 Å². The number of aromatic hydroxyl groups is 1. The molecule has 1 rings (SSSR count). The van der Waals surface area contributed by atoms with Crippen LogP contribution in [0.15, 0.2) is 12.3 Å². The molecule has 0 spiro atoms. The van der Waals surface area contributed by atoms with Crippen molar-refractivity contribution in [1.82, 2.24) is 4.98 Å². The fourth-order valence-electron chi connectivity index (χ4n) is 0.944. The number of rotatable bonds is 3. The minimum Gasteiger partial charge on any atom is -0.506 e. The highest BCUT2D eigenvalue weighted by Crippen LogP contribution is 2.18. The lowest BCUT2D eigenvalue weighted by atomic mass is 10.2. The van der Waals surface area contributed by atoms with Crippen molar-refractivity contribution in [3.8, 4) is 11.6 Å². The molecule has 0 saturated carbocycles. The van der Waals surface area contributed by atoms with Crippen molar-refractivity contribution in [3.05, 3.63) is 17.8 Å². The zero-order valence-electron chi connectivity index (χ0n) is 8.24. The highest BCUT2D eigenvalue weighted by molar-refractivity contribution is 5.31. The van der Waals surface area contributed by atoms with E-state index < -0.39 is 0 Å². The number of ether oxygens (including phenoxy) is 1. The first-order valence-electron chi connectivity index (χ1n) is 4.38. The van der Waals surface area contributed by atoms with Crippen LogP contribution in [0.2, 0.25) is 0 Å². The molecule has 0 amide bonds. The predicted molar refractivity (Wildman–Crippen MR) is 51.0 cm³/mol. The highest BCUT2D eigenvalue weighted by Gasteiger charge is 2.03. The second kappa shape index (κ2) is 4.12. The second-order valence-electron chi connectivity index (χ2n) is 3.52. The first-order valence-corrected chi connectivity index (χ1v) is 4.38. The molecule has 13 heavy (non-hydrogen) atoms. The van der Waals surface area contributed by atoms with E-state index >= 15 is 0 Å². The van der Waals surface area contributed by atoms with Crippen molar-refractivity contribution in [3.63, 3.8) is 0 Å². The number of hydrogen-bond donors (Lipinski definition) is 1. The zero-order valence-corrected chi connectivity index (χ0v) is 8.24. The molecule has 1 heterocycles. The molecule has 0 bridgehead atoms. The van der Waals surface area contributed by atoms with Crippen molar-refractivity contribution >= 4 is 0 Å². The molecule has 3 nitrogen and oxygen atoms in total. The Morgan fingerprint density at radius 2 is 2.23 bits per heavy atom. The lowest BCUT2D eigenvalue weighted by Crippen LogP contribution is -2.06. The first kappa shape index (κ1) is 9.84. The molecule has 0 aromatic carbocycles. The molecular formula is C10H15NO2. The van der Waals surface area contributed by atoms with Crippen LogP contribution < -0.4 is 4.74 Å². The average molecular weight is 181 g/mol. The summed E-state index contributed by atoms with van der Waals surface area (Å²) in [5.41, 5.74) is 0.862. The van der Waals surface area contributed by atoms with Gasteiger partial charge in [-0.3, -0.25) is 0 Å². The van der Waals surface area contributed by atoms with Gasteiger partial charge in [0.05, 0.1) is 12.8 Å². The molecule has 0 unspecified atom stereocenters. The zero-order chi connectivity index (χ0) is 9.84. The van der Waals surface area contributed by atoms with Crippen LogP contribution >= 0.6 is 0 Å². The summed E-state index contributed by atoms with van der Waals surface area (Å²) < 4.78 is 5.43. The van der Waals surface area contributed by atoms with E-state index in [0.29, 0.717) is 18.4 Å². The van der Waals surface area contributed by atoms with Crippen molar-refractivity contribution in [2.45, 2.75) is 20.8 Å². The van der Waals surface area contributed by atoms with Gasteiger partial charge < -0.3 is 9.84 Å². The smallest absolute Gasteiger partial charge is 0.216 e. The molecule has 3 heteroatoms. The largest absolute Gasteiger partial charge is 0.506 e. The van der Waals surface area contributed by atoms with Gasteiger partial charge in [-0.05, 0) is 18.9 Å². The summed E-state index contributed by atoms with van der Waals surface area (Å²) in [5.74, 6) is 1.26. The summed E-state index contributed by atoms with van der Waals surface area (Å²) in [5, 5.41) is 9.10. The van der Waals surface area contributed by atoms with Crippen LogP contribution in [-0.2, 0) is 0 Å². The molecule has 72 valence electrons. The monoisotopic (exact) mass is 181 g/mol. The number of hydrogen-bond acceptors (Lipinski definition) is 3. The minimum absolute atomic E-state index is 0.175. The summed E-state index contributed by atoms with van der Waals surface area (Å²) in [6, 6.07) is 1.64. The number of aromatic nitrogens is 1. The Labute approximate surface area is 78.4 Å². The fourth-order valence-corrected chi connectivity index (χ4v) is 0.944. The number of pyridine rings is 1. The van der Waals surface area contributed by atoms with Gasteiger partial charge in [-0.2, -0.15) is 0 Å². The molecule has 0 saturated heterocycles. The van der Waals surface area contributed by atoms with Crippen molar-refractivity contribution in [2.75, 3.05) is 6.61 Å². The van der Waals surface area contributed by atoms with Gasteiger partial charge in [-0.1, -0.05) is 13.8 Å². The number of aryl methyl sites for hydroxylation is 1. The average Bonchev–Trinajstić information content (AvgIpc) is 2.02. The van der Waals surface area contributed by atoms with Gasteiger partial charge in [0.1, 0.15) is 5.75 Å². The van der Waals surface area contributed by atoms with Crippen molar-refractivity contribution in [2.24, 2.45) is 5.92 Å². The lowest BCUT2D eigenvalue weighted by Gasteiger charge is -2.09. The van der Waals surface area contributed by atoms with E-state index in [1.165, 1.54) is 6.20 Å². The summed E-state index contributed by atoms with van der Waals surface area (Å²) in [4.78, 5) is 3.98. The first-order chi connectivity index (χ1) is 6.09. The van der Waals surface area contributed by atoms with Gasteiger partial charge in [-0.25, -0.2) is 4.98 Å². The molecule has 0 aliphatic rings.